The van der Waals surface area contributed by atoms with Gasteiger partial charge in [0.15, 0.2) is 5.78 Å². The summed E-state index contributed by atoms with van der Waals surface area (Å²) in [7, 11) is 3.65. The monoisotopic (exact) mass is 235 g/mol. The van der Waals surface area contributed by atoms with Gasteiger partial charge in [0.1, 0.15) is 0 Å². The van der Waals surface area contributed by atoms with Gasteiger partial charge in [0.2, 0.25) is 0 Å². The fourth-order valence-electron chi connectivity index (χ4n) is 1.71. The Bertz CT molecular complexity index is 363. The summed E-state index contributed by atoms with van der Waals surface area (Å²) in [4.78, 5) is 14.0. The van der Waals surface area contributed by atoms with Crippen molar-refractivity contribution in [2.45, 2.75) is 13.3 Å². The van der Waals surface area contributed by atoms with Crippen LogP contribution in [-0.2, 0) is 4.74 Å². The minimum atomic E-state index is 0.175. The number of likely N-dealkylation sites (N-methyl/N-ethyl adjacent to an activating group) is 1. The highest BCUT2D eigenvalue weighted by atomic mass is 16.5. The Morgan fingerprint density at radius 3 is 2.82 bits per heavy atom. The zero-order valence-corrected chi connectivity index (χ0v) is 10.9. The molecule has 0 amide bonds. The van der Waals surface area contributed by atoms with Crippen molar-refractivity contribution in [1.82, 2.24) is 4.90 Å². The number of hydrogen-bond acceptors (Lipinski definition) is 3. The van der Waals surface area contributed by atoms with Crippen LogP contribution in [0.25, 0.3) is 0 Å². The SMILES string of the molecule is COCCCN(C)CC(=O)c1cccc(C)c1. The molecular formula is C14H21NO2. The van der Waals surface area contributed by atoms with E-state index in [-0.39, 0.29) is 5.78 Å². The molecule has 0 fully saturated rings. The van der Waals surface area contributed by atoms with E-state index < -0.39 is 0 Å². The van der Waals surface area contributed by atoms with Gasteiger partial charge in [0, 0.05) is 25.8 Å². The third-order valence-electron chi connectivity index (χ3n) is 2.64. The number of benzene rings is 1. The van der Waals surface area contributed by atoms with Crippen molar-refractivity contribution in [2.75, 3.05) is 33.9 Å². The van der Waals surface area contributed by atoms with Crippen molar-refractivity contribution >= 4 is 5.78 Å². The van der Waals surface area contributed by atoms with Gasteiger partial charge < -0.3 is 4.74 Å². The molecule has 0 heterocycles. The van der Waals surface area contributed by atoms with Crippen LogP contribution in [0.2, 0.25) is 0 Å². The Balaban J connectivity index is 2.43. The lowest BCUT2D eigenvalue weighted by molar-refractivity contribution is 0.0938. The summed E-state index contributed by atoms with van der Waals surface area (Å²) >= 11 is 0. The predicted molar refractivity (Wildman–Crippen MR) is 69.5 cm³/mol. The van der Waals surface area contributed by atoms with Gasteiger partial charge in [-0.2, -0.15) is 0 Å². The number of ether oxygens (including phenoxy) is 1. The highest BCUT2D eigenvalue weighted by molar-refractivity contribution is 5.97. The Hall–Kier alpha value is -1.19. The molecule has 0 unspecified atom stereocenters. The van der Waals surface area contributed by atoms with E-state index >= 15 is 0 Å². The molecule has 0 bridgehead atoms. The molecule has 1 aromatic rings. The van der Waals surface area contributed by atoms with Gasteiger partial charge >= 0.3 is 0 Å². The van der Waals surface area contributed by atoms with Crippen LogP contribution in [0.15, 0.2) is 24.3 Å². The molecule has 0 aliphatic rings. The van der Waals surface area contributed by atoms with E-state index in [9.17, 15) is 4.79 Å². The normalized spacial score (nSPS) is 10.8. The Kier molecular flexibility index (Phi) is 5.87. The van der Waals surface area contributed by atoms with E-state index in [2.05, 4.69) is 0 Å². The third-order valence-corrected chi connectivity index (χ3v) is 2.64. The van der Waals surface area contributed by atoms with Crippen LogP contribution in [0.3, 0.4) is 0 Å². The number of nitrogens with zero attached hydrogens (tertiary/aromatic N) is 1. The maximum Gasteiger partial charge on any atom is 0.176 e. The van der Waals surface area contributed by atoms with E-state index in [1.807, 2.05) is 43.1 Å². The zero-order chi connectivity index (χ0) is 12.7. The van der Waals surface area contributed by atoms with E-state index in [0.717, 1.165) is 30.7 Å². The van der Waals surface area contributed by atoms with Gasteiger partial charge in [-0.05, 0) is 26.5 Å². The number of aryl methyl sites for hydroxylation is 1. The summed E-state index contributed by atoms with van der Waals surface area (Å²) < 4.78 is 4.99. The molecule has 94 valence electrons. The van der Waals surface area contributed by atoms with Crippen molar-refractivity contribution in [3.63, 3.8) is 0 Å². The smallest absolute Gasteiger partial charge is 0.176 e. The summed E-state index contributed by atoms with van der Waals surface area (Å²) in [6.07, 6.45) is 0.952. The Morgan fingerprint density at radius 1 is 1.41 bits per heavy atom. The average Bonchev–Trinajstić information content (AvgIpc) is 2.29. The highest BCUT2D eigenvalue weighted by Gasteiger charge is 2.08. The fraction of sp³-hybridized carbons (Fsp3) is 0.500. The second-order valence-corrected chi connectivity index (χ2v) is 4.38. The first-order chi connectivity index (χ1) is 8.13. The molecular weight excluding hydrogens is 214 g/mol. The lowest BCUT2D eigenvalue weighted by atomic mass is 10.1. The number of carbonyl (C=O) groups is 1. The van der Waals surface area contributed by atoms with E-state index in [1.165, 1.54) is 0 Å². The molecule has 0 saturated heterocycles. The highest BCUT2D eigenvalue weighted by Crippen LogP contribution is 2.05. The van der Waals surface area contributed by atoms with Crippen LogP contribution < -0.4 is 0 Å². The minimum absolute atomic E-state index is 0.175. The van der Waals surface area contributed by atoms with Crippen LogP contribution >= 0.6 is 0 Å². The van der Waals surface area contributed by atoms with Gasteiger partial charge in [0.05, 0.1) is 6.54 Å². The Morgan fingerprint density at radius 2 is 2.18 bits per heavy atom. The van der Waals surface area contributed by atoms with E-state index in [0.29, 0.717) is 6.54 Å². The van der Waals surface area contributed by atoms with Crippen molar-refractivity contribution in [2.24, 2.45) is 0 Å². The number of rotatable bonds is 7. The molecule has 17 heavy (non-hydrogen) atoms. The second kappa shape index (κ2) is 7.20. The first kappa shape index (κ1) is 13.9. The van der Waals surface area contributed by atoms with Gasteiger partial charge in [-0.25, -0.2) is 0 Å². The lowest BCUT2D eigenvalue weighted by Gasteiger charge is -2.15. The number of methoxy groups -OCH3 is 1. The third kappa shape index (κ3) is 5.11. The summed E-state index contributed by atoms with van der Waals surface area (Å²) in [6.45, 7) is 4.08. The van der Waals surface area contributed by atoms with Crippen molar-refractivity contribution in [3.8, 4) is 0 Å². The fourth-order valence-corrected chi connectivity index (χ4v) is 1.71. The number of ketones is 1. The largest absolute Gasteiger partial charge is 0.385 e. The number of carbonyl (C=O) groups excluding carboxylic acids is 1. The molecule has 0 spiro atoms. The summed E-state index contributed by atoms with van der Waals surface area (Å²) in [6, 6.07) is 7.73. The standard InChI is InChI=1S/C14H21NO2/c1-12-6-4-7-13(10-12)14(16)11-15(2)8-5-9-17-3/h4,6-7,10H,5,8-9,11H2,1-3H3. The molecule has 0 aromatic heterocycles. The lowest BCUT2D eigenvalue weighted by Crippen LogP contribution is -2.27. The summed E-state index contributed by atoms with van der Waals surface area (Å²) in [5, 5.41) is 0. The molecule has 0 atom stereocenters. The first-order valence-corrected chi connectivity index (χ1v) is 5.91. The number of hydrogen-bond donors (Lipinski definition) is 0. The summed E-state index contributed by atoms with van der Waals surface area (Å²) in [5.74, 6) is 0.175. The first-order valence-electron chi connectivity index (χ1n) is 5.91. The van der Waals surface area contributed by atoms with Crippen molar-refractivity contribution < 1.29 is 9.53 Å². The second-order valence-electron chi connectivity index (χ2n) is 4.38. The van der Waals surface area contributed by atoms with Crippen LogP contribution in [0.1, 0.15) is 22.3 Å². The van der Waals surface area contributed by atoms with Gasteiger partial charge in [-0.3, -0.25) is 9.69 Å². The van der Waals surface area contributed by atoms with Gasteiger partial charge in [-0.15, -0.1) is 0 Å². The quantitative estimate of drug-likeness (QED) is 0.535. The van der Waals surface area contributed by atoms with E-state index in [1.54, 1.807) is 7.11 Å². The average molecular weight is 235 g/mol. The Labute approximate surface area is 103 Å². The molecule has 3 heteroatoms. The van der Waals surface area contributed by atoms with Crippen LogP contribution in [0.5, 0.6) is 0 Å². The molecule has 0 aliphatic heterocycles. The van der Waals surface area contributed by atoms with Crippen molar-refractivity contribution in [1.29, 1.82) is 0 Å². The maximum atomic E-state index is 12.0. The van der Waals surface area contributed by atoms with Crippen molar-refractivity contribution in [3.05, 3.63) is 35.4 Å². The molecule has 1 aromatic carbocycles. The van der Waals surface area contributed by atoms with Gasteiger partial charge in [-0.1, -0.05) is 23.8 Å². The topological polar surface area (TPSA) is 29.5 Å². The maximum absolute atomic E-state index is 12.0. The molecule has 0 aliphatic carbocycles. The predicted octanol–water partition coefficient (Wildman–Crippen LogP) is 2.15. The van der Waals surface area contributed by atoms with Gasteiger partial charge in [0.25, 0.3) is 0 Å². The molecule has 0 saturated carbocycles. The molecule has 0 N–H and O–H groups in total. The van der Waals surface area contributed by atoms with E-state index in [4.69, 9.17) is 4.74 Å². The molecule has 1 rings (SSSR count). The van der Waals surface area contributed by atoms with Crippen LogP contribution in [0, 0.1) is 6.92 Å². The zero-order valence-electron chi connectivity index (χ0n) is 10.9. The number of Topliss-reactive ketones (excluding diaryl/α,β-unsaturated/α-hetero) is 1. The summed E-state index contributed by atoms with van der Waals surface area (Å²) in [5.41, 5.74) is 1.92. The van der Waals surface area contributed by atoms with Crippen LogP contribution in [0.4, 0.5) is 0 Å². The molecule has 3 nitrogen and oxygen atoms in total. The molecule has 0 radical (unpaired) electrons. The minimum Gasteiger partial charge on any atom is -0.385 e. The van der Waals surface area contributed by atoms with Crippen LogP contribution in [-0.4, -0.2) is 44.5 Å².